The molecule has 0 saturated carbocycles. The predicted molar refractivity (Wildman–Crippen MR) is 286 cm³/mol. The number of rotatable bonds is 26. The number of hydrogen-bond acceptors (Lipinski definition) is 8. The van der Waals surface area contributed by atoms with Gasteiger partial charge in [-0.3, -0.25) is 19.2 Å². The Morgan fingerprint density at radius 3 is 1.14 bits per heavy atom. The van der Waals surface area contributed by atoms with Gasteiger partial charge in [0.15, 0.2) is 0 Å². The van der Waals surface area contributed by atoms with E-state index in [4.69, 9.17) is 0 Å². The summed E-state index contributed by atoms with van der Waals surface area (Å²) >= 11 is 0. The highest BCUT2D eigenvalue weighted by Gasteiger charge is 2.24. The minimum absolute atomic E-state index is 0.00791. The van der Waals surface area contributed by atoms with Crippen molar-refractivity contribution in [3.8, 4) is 23.7 Å². The maximum atomic E-state index is 12.4. The van der Waals surface area contributed by atoms with Crippen molar-refractivity contribution in [2.24, 2.45) is 0 Å². The van der Waals surface area contributed by atoms with Crippen molar-refractivity contribution in [3.05, 3.63) is 130 Å². The molecular formula is C58H70N6O10. The lowest BCUT2D eigenvalue weighted by Crippen LogP contribution is -2.47. The SMILES string of the molecule is CCCCCCC(=O)C[C@H](NC(=O)NCCC(=O)Nc1ccccc1C#Cc1ccccc1C)C(=O)O.CCCCCCC(=O)C[C@H](NC(=O)NCCC(=O)Nc1ccccc1C#Cc1ccccc1C)C(=O)O. The van der Waals surface area contributed by atoms with Gasteiger partial charge in [0.05, 0.1) is 11.4 Å². The van der Waals surface area contributed by atoms with Crippen LogP contribution in [0.25, 0.3) is 0 Å². The van der Waals surface area contributed by atoms with Crippen LogP contribution < -0.4 is 31.9 Å². The Kier molecular flexibility index (Phi) is 27.7. The number of carbonyl (C=O) groups excluding carboxylic acids is 6. The Morgan fingerprint density at radius 2 is 0.784 bits per heavy atom. The predicted octanol–water partition coefficient (Wildman–Crippen LogP) is 8.81. The van der Waals surface area contributed by atoms with Gasteiger partial charge in [-0.2, -0.15) is 0 Å². The molecular weight excluding hydrogens is 941 g/mol. The zero-order valence-corrected chi connectivity index (χ0v) is 42.9. The van der Waals surface area contributed by atoms with Crippen molar-refractivity contribution in [2.75, 3.05) is 23.7 Å². The van der Waals surface area contributed by atoms with Crippen LogP contribution in [0.3, 0.4) is 0 Å². The molecule has 0 saturated heterocycles. The number of carbonyl (C=O) groups is 8. The molecule has 0 aromatic heterocycles. The van der Waals surface area contributed by atoms with Crippen molar-refractivity contribution in [2.45, 2.75) is 130 Å². The molecule has 4 aromatic carbocycles. The Morgan fingerprint density at radius 1 is 0.446 bits per heavy atom. The van der Waals surface area contributed by atoms with Crippen molar-refractivity contribution >= 4 is 58.8 Å². The third-order valence-corrected chi connectivity index (χ3v) is 11.3. The molecule has 392 valence electrons. The molecule has 8 N–H and O–H groups in total. The molecule has 2 atom stereocenters. The van der Waals surface area contributed by atoms with Crippen LogP contribution in [0.15, 0.2) is 97.1 Å². The first-order chi connectivity index (χ1) is 35.6. The third-order valence-electron chi connectivity index (χ3n) is 11.3. The first-order valence-corrected chi connectivity index (χ1v) is 25.1. The van der Waals surface area contributed by atoms with Gasteiger partial charge in [0, 0.05) is 73.9 Å². The molecule has 0 aliphatic carbocycles. The van der Waals surface area contributed by atoms with Gasteiger partial charge in [-0.15, -0.1) is 0 Å². The summed E-state index contributed by atoms with van der Waals surface area (Å²) in [5.41, 5.74) is 6.35. The number of benzene rings is 4. The summed E-state index contributed by atoms with van der Waals surface area (Å²) in [6.45, 7) is 8.07. The third kappa shape index (κ3) is 24.3. The highest BCUT2D eigenvalue weighted by atomic mass is 16.4. The number of nitrogens with one attached hydrogen (secondary N) is 6. The summed E-state index contributed by atoms with van der Waals surface area (Å²) in [4.78, 5) is 96.1. The monoisotopic (exact) mass is 1010 g/mol. The number of anilines is 2. The molecule has 0 aliphatic heterocycles. The largest absolute Gasteiger partial charge is 0.480 e. The number of Topliss-reactive ketones (excluding diaryl/α,β-unsaturated/α-hetero) is 2. The Balaban J connectivity index is 0.000000390. The molecule has 16 heteroatoms. The van der Waals surface area contributed by atoms with Gasteiger partial charge in [-0.25, -0.2) is 19.2 Å². The molecule has 0 radical (unpaired) electrons. The summed E-state index contributed by atoms with van der Waals surface area (Å²) in [6, 6.07) is 25.8. The second-order valence-electron chi connectivity index (χ2n) is 17.5. The minimum Gasteiger partial charge on any atom is -0.480 e. The van der Waals surface area contributed by atoms with E-state index < -0.39 is 36.1 Å². The fourth-order valence-electron chi connectivity index (χ4n) is 7.08. The van der Waals surface area contributed by atoms with Crippen molar-refractivity contribution in [3.63, 3.8) is 0 Å². The smallest absolute Gasteiger partial charge is 0.326 e. The van der Waals surface area contributed by atoms with Gasteiger partial charge >= 0.3 is 24.0 Å². The molecule has 6 amide bonds. The number of carboxylic acids is 2. The zero-order valence-electron chi connectivity index (χ0n) is 42.9. The number of hydrogen-bond donors (Lipinski definition) is 8. The van der Waals surface area contributed by atoms with Crippen molar-refractivity contribution in [1.29, 1.82) is 0 Å². The summed E-state index contributed by atoms with van der Waals surface area (Å²) in [7, 11) is 0. The first-order valence-electron chi connectivity index (χ1n) is 25.1. The summed E-state index contributed by atoms with van der Waals surface area (Å²) in [5.74, 6) is 8.79. The number of para-hydroxylation sites is 2. The average Bonchev–Trinajstić information content (AvgIpc) is 3.36. The van der Waals surface area contributed by atoms with Crippen LogP contribution in [0.5, 0.6) is 0 Å². The number of carboxylic acid groups (broad SMARTS) is 2. The van der Waals surface area contributed by atoms with Crippen LogP contribution >= 0.6 is 0 Å². The highest BCUT2D eigenvalue weighted by molar-refractivity contribution is 5.94. The first kappa shape index (κ1) is 60.1. The highest BCUT2D eigenvalue weighted by Crippen LogP contribution is 2.17. The molecule has 4 rings (SSSR count). The molecule has 0 unspecified atom stereocenters. The molecule has 0 spiro atoms. The van der Waals surface area contributed by atoms with E-state index in [-0.39, 0.29) is 62.2 Å². The van der Waals surface area contributed by atoms with Crippen molar-refractivity contribution < 1.29 is 48.6 Å². The van der Waals surface area contributed by atoms with Gasteiger partial charge in [0.1, 0.15) is 23.7 Å². The Hall–Kier alpha value is -8.24. The van der Waals surface area contributed by atoms with Crippen LogP contribution in [0.2, 0.25) is 0 Å². The number of ketones is 2. The van der Waals surface area contributed by atoms with Gasteiger partial charge in [-0.1, -0.05) is 137 Å². The second kappa shape index (κ2) is 34.2. The number of urea groups is 2. The van der Waals surface area contributed by atoms with Crippen LogP contribution in [0, 0.1) is 37.5 Å². The molecule has 0 heterocycles. The van der Waals surface area contributed by atoms with E-state index in [1.165, 1.54) is 0 Å². The van der Waals surface area contributed by atoms with Crippen LogP contribution in [-0.4, -0.2) is 82.8 Å². The average molecular weight is 1010 g/mol. The maximum absolute atomic E-state index is 12.4. The van der Waals surface area contributed by atoms with Crippen LogP contribution in [0.4, 0.5) is 21.0 Å². The molecule has 74 heavy (non-hydrogen) atoms. The van der Waals surface area contributed by atoms with Gasteiger partial charge in [0.2, 0.25) is 11.8 Å². The summed E-state index contributed by atoms with van der Waals surface area (Å²) < 4.78 is 0. The fourth-order valence-corrected chi connectivity index (χ4v) is 7.08. The normalized spacial score (nSPS) is 11.0. The molecule has 0 bridgehead atoms. The summed E-state index contributed by atoms with van der Waals surface area (Å²) in [5, 5.41) is 33.8. The van der Waals surface area contributed by atoms with E-state index >= 15 is 0 Å². The zero-order chi connectivity index (χ0) is 54.1. The van der Waals surface area contributed by atoms with E-state index in [2.05, 4.69) is 69.4 Å². The quantitative estimate of drug-likeness (QED) is 0.0219. The molecule has 0 aliphatic rings. The van der Waals surface area contributed by atoms with E-state index in [0.29, 0.717) is 48.2 Å². The van der Waals surface area contributed by atoms with E-state index in [1.54, 1.807) is 24.3 Å². The molecule has 0 fully saturated rings. The number of aliphatic carboxylic acids is 2. The number of aryl methyl sites for hydroxylation is 2. The Labute approximate surface area is 434 Å². The molecule has 16 nitrogen and oxygen atoms in total. The maximum Gasteiger partial charge on any atom is 0.326 e. The van der Waals surface area contributed by atoms with Gasteiger partial charge in [-0.05, 0) is 74.2 Å². The Bertz CT molecular complexity index is 2480. The van der Waals surface area contributed by atoms with E-state index in [1.807, 2.05) is 86.6 Å². The second-order valence-corrected chi connectivity index (χ2v) is 17.5. The number of amides is 6. The van der Waals surface area contributed by atoms with E-state index in [9.17, 15) is 48.6 Å². The lowest BCUT2D eigenvalue weighted by molar-refractivity contribution is -0.141. The fraction of sp³-hybridized carbons (Fsp3) is 0.379. The van der Waals surface area contributed by atoms with Crippen molar-refractivity contribution in [1.82, 2.24) is 21.3 Å². The standard InChI is InChI=1S/2C29H35N3O5/c2*1-3-4-5-6-14-24(33)20-26(28(35)36)32-29(37)30-19-18-27(34)31-25-15-10-9-13-23(25)17-16-22-12-8-7-11-21(22)2/h2*7-13,15,26H,3-6,14,18-20H2,1-2H3,(H,31,34)(H,35,36)(H2,30,32,37)/t2*26-/m00/s1. The topological polar surface area (TPSA) is 249 Å². The van der Waals surface area contributed by atoms with E-state index in [0.717, 1.165) is 60.8 Å². The van der Waals surface area contributed by atoms with Crippen LogP contribution in [-0.2, 0) is 28.8 Å². The number of unbranched alkanes of at least 4 members (excludes halogenated alkanes) is 6. The summed E-state index contributed by atoms with van der Waals surface area (Å²) in [6.07, 6.45) is 7.38. The van der Waals surface area contributed by atoms with Crippen LogP contribution in [0.1, 0.15) is 137 Å². The molecule has 4 aromatic rings. The van der Waals surface area contributed by atoms with Gasteiger partial charge < -0.3 is 42.1 Å². The van der Waals surface area contributed by atoms with Gasteiger partial charge in [0.25, 0.3) is 0 Å². The lowest BCUT2D eigenvalue weighted by atomic mass is 10.0. The minimum atomic E-state index is -1.31. The lowest BCUT2D eigenvalue weighted by Gasteiger charge is -2.15.